The summed E-state index contributed by atoms with van der Waals surface area (Å²) in [5, 5.41) is 0.489. The molecule has 2 saturated heterocycles. The third kappa shape index (κ3) is 7.26. The van der Waals surface area contributed by atoms with Gasteiger partial charge in [-0.2, -0.15) is 0 Å². The number of hydrogen-bond donors (Lipinski definition) is 1. The van der Waals surface area contributed by atoms with Crippen LogP contribution in [0.1, 0.15) is 80.3 Å². The normalized spacial score (nSPS) is 36.9. The fourth-order valence-electron chi connectivity index (χ4n) is 10.7. The van der Waals surface area contributed by atoms with Crippen molar-refractivity contribution in [3.8, 4) is 5.75 Å². The lowest BCUT2D eigenvalue weighted by atomic mass is 9.62. The second-order valence-corrected chi connectivity index (χ2v) is 20.1. The zero-order chi connectivity index (χ0) is 37.0. The minimum atomic E-state index is -2.92. The van der Waals surface area contributed by atoms with E-state index in [0.29, 0.717) is 30.0 Å². The molecule has 4 heterocycles. The van der Waals surface area contributed by atoms with E-state index in [2.05, 4.69) is 44.3 Å². The number of methoxy groups -OCH3 is 1. The van der Waals surface area contributed by atoms with Crippen LogP contribution in [0.25, 0.3) is 0 Å². The molecule has 0 aromatic heterocycles. The smallest absolute Gasteiger partial charge is 0.262 e. The Morgan fingerprint density at radius 2 is 1.92 bits per heavy atom. The number of carbonyl (C=O) groups excluding carboxylic acids is 1. The SMILES string of the molecule is C=S1(=O)NC(=O)c2ccc3c(c2)N(C[C@@H]2CC[C@H]2[C@@](CN2CCN4CCOC[C@H]4C2)(OC)CCC[C@H](C)[C@H]1C)C[C@@]1(CCCc2cc(Cl)ccc21)CO3. The van der Waals surface area contributed by atoms with E-state index in [0.717, 1.165) is 127 Å². The number of amides is 1. The molecule has 1 amide bonds. The van der Waals surface area contributed by atoms with Gasteiger partial charge in [-0.1, -0.05) is 31.0 Å². The number of morpholine rings is 1. The van der Waals surface area contributed by atoms with Crippen molar-refractivity contribution in [1.29, 1.82) is 0 Å². The third-order valence-corrected chi connectivity index (χ3v) is 16.6. The minimum Gasteiger partial charge on any atom is -0.490 e. The summed E-state index contributed by atoms with van der Waals surface area (Å²) in [4.78, 5) is 21.6. The monoisotopic (exact) mass is 766 g/mol. The Bertz CT molecular complexity index is 1790. The van der Waals surface area contributed by atoms with Gasteiger partial charge in [-0.25, -0.2) is 4.21 Å². The quantitative estimate of drug-likeness (QED) is 0.393. The molecule has 8 atom stereocenters. The van der Waals surface area contributed by atoms with E-state index in [4.69, 9.17) is 25.8 Å². The number of carbonyl (C=O) groups is 1. The largest absolute Gasteiger partial charge is 0.490 e. The number of aryl methyl sites for hydroxylation is 1. The van der Waals surface area contributed by atoms with Gasteiger partial charge in [-0.3, -0.25) is 19.3 Å². The van der Waals surface area contributed by atoms with Gasteiger partial charge < -0.3 is 19.1 Å². The Kier molecular flexibility index (Phi) is 10.6. The highest BCUT2D eigenvalue weighted by Gasteiger charge is 2.51. The highest BCUT2D eigenvalue weighted by atomic mass is 35.5. The summed E-state index contributed by atoms with van der Waals surface area (Å²) in [7, 11) is -0.982. The molecule has 11 heteroatoms. The molecule has 2 bridgehead atoms. The highest BCUT2D eigenvalue weighted by molar-refractivity contribution is 7.99. The summed E-state index contributed by atoms with van der Waals surface area (Å²) in [6.07, 6.45) is 8.17. The number of halogens is 1. The fourth-order valence-corrected chi connectivity index (χ4v) is 12.4. The Labute approximate surface area is 322 Å². The molecule has 1 saturated carbocycles. The minimum absolute atomic E-state index is 0.114. The Balaban J connectivity index is 1.17. The van der Waals surface area contributed by atoms with E-state index in [9.17, 15) is 9.00 Å². The predicted octanol–water partition coefficient (Wildman–Crippen LogP) is 5.81. The van der Waals surface area contributed by atoms with Crippen molar-refractivity contribution >= 4 is 38.8 Å². The van der Waals surface area contributed by atoms with Gasteiger partial charge in [0.1, 0.15) is 5.75 Å². The van der Waals surface area contributed by atoms with Crippen LogP contribution in [0.4, 0.5) is 5.69 Å². The first-order valence-corrected chi connectivity index (χ1v) is 22.2. The lowest BCUT2D eigenvalue weighted by Gasteiger charge is -2.54. The van der Waals surface area contributed by atoms with Crippen LogP contribution >= 0.6 is 11.6 Å². The van der Waals surface area contributed by atoms with Crippen molar-refractivity contribution in [3.63, 3.8) is 0 Å². The molecule has 2 aromatic rings. The maximum Gasteiger partial charge on any atom is 0.262 e. The number of anilines is 1. The summed E-state index contributed by atoms with van der Waals surface area (Å²) in [6.45, 7) is 13.0. The van der Waals surface area contributed by atoms with Crippen LogP contribution in [0.2, 0.25) is 5.02 Å². The van der Waals surface area contributed by atoms with E-state index in [1.165, 1.54) is 11.1 Å². The van der Waals surface area contributed by atoms with Gasteiger partial charge in [0.2, 0.25) is 0 Å². The summed E-state index contributed by atoms with van der Waals surface area (Å²) in [5.74, 6) is 5.47. The first-order chi connectivity index (χ1) is 25.5. The van der Waals surface area contributed by atoms with Gasteiger partial charge in [-0.15, -0.1) is 0 Å². The summed E-state index contributed by atoms with van der Waals surface area (Å²) < 4.78 is 36.5. The molecule has 3 fully saturated rings. The standard InChI is InChI=1S/C42H59ClN4O5S/c1-29-7-5-16-42(50-3,27-45-17-18-46-19-20-51-25-35(46)24-45)37-12-9-33(37)23-47-26-41(15-6-8-31-21-34(43)11-13-36(31)41)28-52-39-14-10-32(22-38(39)47)40(48)44-53(4,49)30(29)2/h10-11,13-14,21-22,29-30,33,35,37H,4-9,12,15-20,23-28H2,1-3H3,(H,44,48,49)/t29-,30+,33-,35+,37+,41-,42+,53?/m0/s1. The van der Waals surface area contributed by atoms with Crippen LogP contribution in [0.15, 0.2) is 36.4 Å². The third-order valence-electron chi connectivity index (χ3n) is 14.2. The number of nitrogens with one attached hydrogen (secondary N) is 1. The van der Waals surface area contributed by atoms with E-state index in [1.54, 1.807) is 0 Å². The fraction of sp³-hybridized carbons (Fsp3) is 0.667. The van der Waals surface area contributed by atoms with E-state index in [1.807, 2.05) is 38.3 Å². The highest BCUT2D eigenvalue weighted by Crippen LogP contribution is 2.50. The van der Waals surface area contributed by atoms with Crippen LogP contribution in [-0.2, 0) is 31.0 Å². The van der Waals surface area contributed by atoms with Gasteiger partial charge >= 0.3 is 0 Å². The van der Waals surface area contributed by atoms with Crippen molar-refractivity contribution in [2.75, 3.05) is 77.6 Å². The number of fused-ring (bicyclic) bond motifs is 5. The summed E-state index contributed by atoms with van der Waals surface area (Å²) >= 11 is 6.53. The van der Waals surface area contributed by atoms with Crippen molar-refractivity contribution in [2.24, 2.45) is 17.8 Å². The maximum absolute atomic E-state index is 14.1. The zero-order valence-electron chi connectivity index (χ0n) is 32.0. The number of nitrogens with zero attached hydrogens (tertiary/aromatic N) is 3. The van der Waals surface area contributed by atoms with Gasteiger partial charge in [0.25, 0.3) is 5.91 Å². The van der Waals surface area contributed by atoms with Crippen molar-refractivity contribution in [3.05, 3.63) is 58.1 Å². The molecule has 0 radical (unpaired) electrons. The van der Waals surface area contributed by atoms with Crippen molar-refractivity contribution in [2.45, 2.75) is 87.5 Å². The van der Waals surface area contributed by atoms with Crippen molar-refractivity contribution in [1.82, 2.24) is 14.5 Å². The number of hydrogen-bond acceptors (Lipinski definition) is 8. The average molecular weight is 767 g/mol. The van der Waals surface area contributed by atoms with Crippen molar-refractivity contribution < 1.29 is 23.2 Å². The Hall–Kier alpha value is -2.34. The Morgan fingerprint density at radius 3 is 2.74 bits per heavy atom. The molecule has 1 spiro atoms. The predicted molar refractivity (Wildman–Crippen MR) is 214 cm³/mol. The lowest BCUT2D eigenvalue weighted by molar-refractivity contribution is -0.140. The number of rotatable bonds is 3. The van der Waals surface area contributed by atoms with Crippen LogP contribution < -0.4 is 14.4 Å². The molecule has 6 aliphatic rings. The molecule has 1 unspecified atom stereocenters. The zero-order valence-corrected chi connectivity index (χ0v) is 33.5. The average Bonchev–Trinajstić information content (AvgIpc) is 3.28. The molecule has 290 valence electrons. The number of piperazine rings is 1. The van der Waals surface area contributed by atoms with E-state index >= 15 is 0 Å². The number of ether oxygens (including phenoxy) is 3. The molecule has 4 aliphatic heterocycles. The second-order valence-electron chi connectivity index (χ2n) is 17.2. The molecule has 2 aliphatic carbocycles. The molecule has 1 N–H and O–H groups in total. The van der Waals surface area contributed by atoms with Gasteiger partial charge in [0.05, 0.1) is 40.8 Å². The molecule has 8 rings (SSSR count). The first kappa shape index (κ1) is 37.6. The number of benzene rings is 2. The molecular weight excluding hydrogens is 708 g/mol. The maximum atomic E-state index is 14.1. The van der Waals surface area contributed by atoms with Gasteiger partial charge in [0.15, 0.2) is 0 Å². The molecule has 2 aromatic carbocycles. The van der Waals surface area contributed by atoms with Crippen LogP contribution in [0, 0.1) is 17.8 Å². The lowest BCUT2D eigenvalue weighted by Crippen LogP contribution is -2.63. The van der Waals surface area contributed by atoms with Crippen LogP contribution in [-0.4, -0.2) is 115 Å². The van der Waals surface area contributed by atoms with E-state index < -0.39 is 9.71 Å². The van der Waals surface area contributed by atoms with Crippen LogP contribution in [0.5, 0.6) is 5.75 Å². The first-order valence-electron chi connectivity index (χ1n) is 20.1. The van der Waals surface area contributed by atoms with Gasteiger partial charge in [0, 0.05) is 80.2 Å². The van der Waals surface area contributed by atoms with Gasteiger partial charge in [-0.05, 0) is 117 Å². The second kappa shape index (κ2) is 15.0. The molecular formula is C42H59ClN4O5S. The van der Waals surface area contributed by atoms with Crippen LogP contribution in [0.3, 0.4) is 0 Å². The molecule has 53 heavy (non-hydrogen) atoms. The molecule has 9 nitrogen and oxygen atoms in total. The summed E-state index contributed by atoms with van der Waals surface area (Å²) in [6, 6.07) is 12.5. The summed E-state index contributed by atoms with van der Waals surface area (Å²) in [5.41, 5.74) is 3.53. The Morgan fingerprint density at radius 1 is 1.06 bits per heavy atom. The topological polar surface area (TPSA) is 83.6 Å². The van der Waals surface area contributed by atoms with E-state index in [-0.39, 0.29) is 28.1 Å².